The van der Waals surface area contributed by atoms with Crippen molar-refractivity contribution in [2.45, 2.75) is 32.0 Å². The maximum Gasteiger partial charge on any atom is 0.225 e. The van der Waals surface area contributed by atoms with Crippen molar-refractivity contribution in [2.24, 2.45) is 11.8 Å². The number of nitrogens with zero attached hydrogens (tertiary/aromatic N) is 4. The summed E-state index contributed by atoms with van der Waals surface area (Å²) < 4.78 is 7.22. The van der Waals surface area contributed by atoms with E-state index in [2.05, 4.69) is 20.5 Å². The van der Waals surface area contributed by atoms with E-state index in [0.717, 1.165) is 49.5 Å². The predicted molar refractivity (Wildman–Crippen MR) is 112 cm³/mol. The van der Waals surface area contributed by atoms with E-state index in [-0.39, 0.29) is 11.8 Å². The summed E-state index contributed by atoms with van der Waals surface area (Å²) in [5.74, 6) is 1.37. The summed E-state index contributed by atoms with van der Waals surface area (Å²) in [4.78, 5) is 15.1. The molecule has 3 aliphatic rings. The molecule has 0 radical (unpaired) electrons. The van der Waals surface area contributed by atoms with E-state index < -0.39 is 0 Å². The summed E-state index contributed by atoms with van der Waals surface area (Å²) in [5, 5.41) is 11.7. The van der Waals surface area contributed by atoms with Gasteiger partial charge in [0.15, 0.2) is 0 Å². The second-order valence-corrected chi connectivity index (χ2v) is 8.29. The summed E-state index contributed by atoms with van der Waals surface area (Å²) in [6.45, 7) is 3.07. The van der Waals surface area contributed by atoms with E-state index in [9.17, 15) is 4.79 Å². The average Bonchev–Trinajstić information content (AvgIpc) is 3.45. The van der Waals surface area contributed by atoms with Crippen molar-refractivity contribution in [3.05, 3.63) is 54.6 Å². The first kappa shape index (κ1) is 18.9. The molecule has 30 heavy (non-hydrogen) atoms. The molecule has 5 heterocycles. The van der Waals surface area contributed by atoms with Gasteiger partial charge in [-0.2, -0.15) is 0 Å². The number of aromatic nitrogens is 3. The van der Waals surface area contributed by atoms with Crippen molar-refractivity contribution in [1.82, 2.24) is 25.2 Å². The van der Waals surface area contributed by atoms with Gasteiger partial charge in [-0.1, -0.05) is 17.3 Å². The fraction of sp³-hybridized carbons (Fsp3) is 0.409. The molecule has 8 heteroatoms. The molecule has 3 fully saturated rings. The Kier molecular flexibility index (Phi) is 5.00. The number of rotatable bonds is 6. The van der Waals surface area contributed by atoms with Crippen LogP contribution in [0, 0.1) is 11.8 Å². The van der Waals surface area contributed by atoms with E-state index >= 15 is 0 Å². The SMILES string of the molecule is Nc1cccc(-c2cn(CC3CC4CCN3CC4C(=O)NCc3ccco3)nn2)c1. The molecule has 0 spiro atoms. The third-order valence-electron chi connectivity index (χ3n) is 6.35. The Bertz CT molecular complexity index is 1010. The predicted octanol–water partition coefficient (Wildman–Crippen LogP) is 2.15. The van der Waals surface area contributed by atoms with E-state index in [1.54, 1.807) is 6.26 Å². The lowest BCUT2D eigenvalue weighted by molar-refractivity contribution is -0.133. The van der Waals surface area contributed by atoms with Gasteiger partial charge in [-0.25, -0.2) is 0 Å². The number of hydrogen-bond acceptors (Lipinski definition) is 6. The smallest absolute Gasteiger partial charge is 0.225 e. The van der Waals surface area contributed by atoms with E-state index in [4.69, 9.17) is 10.2 Å². The number of anilines is 1. The highest BCUT2D eigenvalue weighted by Gasteiger charge is 2.43. The van der Waals surface area contributed by atoms with Crippen molar-refractivity contribution in [1.29, 1.82) is 0 Å². The standard InChI is InChI=1S/C22H26N6O2/c23-17-4-1-3-16(9-17)21-14-28(26-25-21)12-18-10-15-6-7-27(18)13-20(15)22(29)24-11-19-5-2-8-30-19/h1-5,8-9,14-15,18,20H,6-7,10-13,23H2,(H,24,29). The molecule has 1 amide bonds. The quantitative estimate of drug-likeness (QED) is 0.608. The van der Waals surface area contributed by atoms with Crippen molar-refractivity contribution in [2.75, 3.05) is 18.8 Å². The van der Waals surface area contributed by atoms with Crippen LogP contribution in [0.4, 0.5) is 5.69 Å². The summed E-state index contributed by atoms with van der Waals surface area (Å²) in [7, 11) is 0. The molecule has 4 atom stereocenters. The molecule has 2 bridgehead atoms. The van der Waals surface area contributed by atoms with Crippen LogP contribution in [-0.2, 0) is 17.9 Å². The number of hydrogen-bond donors (Lipinski definition) is 2. The molecule has 0 saturated carbocycles. The summed E-state index contributed by atoms with van der Waals surface area (Å²) in [6.07, 6.45) is 5.68. The first-order valence-corrected chi connectivity index (χ1v) is 10.5. The topological polar surface area (TPSA) is 102 Å². The first-order valence-electron chi connectivity index (χ1n) is 10.5. The van der Waals surface area contributed by atoms with Crippen LogP contribution in [0.2, 0.25) is 0 Å². The number of piperidine rings is 3. The number of fused-ring (bicyclic) bond motifs is 3. The first-order chi connectivity index (χ1) is 14.7. The van der Waals surface area contributed by atoms with Crippen molar-refractivity contribution >= 4 is 11.6 Å². The van der Waals surface area contributed by atoms with E-state index in [0.29, 0.717) is 24.2 Å². The minimum absolute atomic E-state index is 0.0450. The summed E-state index contributed by atoms with van der Waals surface area (Å²) >= 11 is 0. The van der Waals surface area contributed by atoms with Gasteiger partial charge in [0, 0.05) is 23.8 Å². The molecule has 3 saturated heterocycles. The van der Waals surface area contributed by atoms with Crippen LogP contribution in [0.3, 0.4) is 0 Å². The summed E-state index contributed by atoms with van der Waals surface area (Å²) in [5.41, 5.74) is 8.40. The van der Waals surface area contributed by atoms with Gasteiger partial charge in [-0.05, 0) is 49.6 Å². The van der Waals surface area contributed by atoms with Crippen LogP contribution >= 0.6 is 0 Å². The zero-order valence-corrected chi connectivity index (χ0v) is 16.8. The Labute approximate surface area is 175 Å². The highest BCUT2D eigenvalue weighted by molar-refractivity contribution is 5.79. The van der Waals surface area contributed by atoms with Crippen LogP contribution in [0.1, 0.15) is 18.6 Å². The van der Waals surface area contributed by atoms with Gasteiger partial charge in [0.2, 0.25) is 5.91 Å². The van der Waals surface area contributed by atoms with E-state index in [1.165, 1.54) is 0 Å². The van der Waals surface area contributed by atoms with Gasteiger partial charge in [-0.3, -0.25) is 14.4 Å². The molecule has 8 nitrogen and oxygen atoms in total. The molecule has 2 aromatic heterocycles. The highest BCUT2D eigenvalue weighted by atomic mass is 16.3. The van der Waals surface area contributed by atoms with Crippen LogP contribution in [0.25, 0.3) is 11.3 Å². The lowest BCUT2D eigenvalue weighted by Crippen LogP contribution is -2.57. The second-order valence-electron chi connectivity index (χ2n) is 8.29. The number of carbonyl (C=O) groups excluding carboxylic acids is 1. The third kappa shape index (κ3) is 3.82. The lowest BCUT2D eigenvalue weighted by atomic mass is 9.75. The van der Waals surface area contributed by atoms with Gasteiger partial charge in [-0.15, -0.1) is 5.10 Å². The van der Waals surface area contributed by atoms with Gasteiger partial charge < -0.3 is 15.5 Å². The highest BCUT2D eigenvalue weighted by Crippen LogP contribution is 2.37. The fourth-order valence-corrected chi connectivity index (χ4v) is 4.78. The molecule has 6 rings (SSSR count). The Balaban J connectivity index is 1.20. The molecule has 1 aromatic carbocycles. The number of amides is 1. The zero-order valence-electron chi connectivity index (χ0n) is 16.8. The molecule has 0 aliphatic carbocycles. The van der Waals surface area contributed by atoms with Crippen molar-refractivity contribution < 1.29 is 9.21 Å². The molecule has 156 valence electrons. The summed E-state index contributed by atoms with van der Waals surface area (Å²) in [6, 6.07) is 11.8. The number of furan rings is 1. The van der Waals surface area contributed by atoms with Gasteiger partial charge >= 0.3 is 0 Å². The number of nitrogens with two attached hydrogens (primary N) is 1. The molecule has 3 aromatic rings. The zero-order chi connectivity index (χ0) is 20.5. The lowest BCUT2D eigenvalue weighted by Gasteiger charge is -2.49. The fourth-order valence-electron chi connectivity index (χ4n) is 4.78. The number of carbonyl (C=O) groups is 1. The normalized spacial score (nSPS) is 25.3. The van der Waals surface area contributed by atoms with Crippen LogP contribution < -0.4 is 11.1 Å². The van der Waals surface area contributed by atoms with Crippen LogP contribution in [-0.4, -0.2) is 44.9 Å². The molecular formula is C22H26N6O2. The van der Waals surface area contributed by atoms with Crippen LogP contribution in [0.5, 0.6) is 0 Å². The van der Waals surface area contributed by atoms with E-state index in [1.807, 2.05) is 47.3 Å². The van der Waals surface area contributed by atoms with Crippen molar-refractivity contribution in [3.8, 4) is 11.3 Å². The second kappa shape index (κ2) is 7.95. The van der Waals surface area contributed by atoms with Gasteiger partial charge in [0.05, 0.1) is 31.5 Å². The van der Waals surface area contributed by atoms with Gasteiger partial charge in [0.1, 0.15) is 11.5 Å². The molecule has 3 aliphatic heterocycles. The minimum Gasteiger partial charge on any atom is -0.467 e. The maximum absolute atomic E-state index is 12.7. The number of nitrogen functional groups attached to an aromatic ring is 1. The Hall–Kier alpha value is -3.13. The maximum atomic E-state index is 12.7. The van der Waals surface area contributed by atoms with Crippen LogP contribution in [0.15, 0.2) is 53.3 Å². The minimum atomic E-state index is 0.0450. The number of nitrogens with one attached hydrogen (secondary N) is 1. The third-order valence-corrected chi connectivity index (χ3v) is 6.35. The molecular weight excluding hydrogens is 380 g/mol. The monoisotopic (exact) mass is 406 g/mol. The number of benzene rings is 1. The van der Waals surface area contributed by atoms with Crippen molar-refractivity contribution in [3.63, 3.8) is 0 Å². The molecule has 3 N–H and O–H groups in total. The Morgan fingerprint density at radius 3 is 3.00 bits per heavy atom. The molecule has 4 unspecified atom stereocenters. The Morgan fingerprint density at radius 1 is 1.30 bits per heavy atom. The Morgan fingerprint density at radius 2 is 2.23 bits per heavy atom. The largest absolute Gasteiger partial charge is 0.467 e. The van der Waals surface area contributed by atoms with Gasteiger partial charge in [0.25, 0.3) is 0 Å². The average molecular weight is 406 g/mol.